The molecule has 13 heavy (non-hydrogen) atoms. The van der Waals surface area contributed by atoms with Crippen molar-refractivity contribution in [1.29, 1.82) is 0 Å². The Hall–Kier alpha value is -0.0900. The first-order valence-electron chi connectivity index (χ1n) is 4.89. The van der Waals surface area contributed by atoms with Crippen molar-refractivity contribution >= 4 is 10.1 Å². The van der Waals surface area contributed by atoms with Crippen LogP contribution in [-0.4, -0.2) is 19.3 Å². The van der Waals surface area contributed by atoms with Crippen LogP contribution in [0.15, 0.2) is 0 Å². The molecule has 3 nitrogen and oxygen atoms in total. The van der Waals surface area contributed by atoms with E-state index >= 15 is 0 Å². The van der Waals surface area contributed by atoms with Gasteiger partial charge in [-0.1, -0.05) is 6.92 Å². The van der Waals surface area contributed by atoms with Gasteiger partial charge in [0.15, 0.2) is 0 Å². The van der Waals surface area contributed by atoms with Gasteiger partial charge in [0, 0.05) is 5.92 Å². The summed E-state index contributed by atoms with van der Waals surface area (Å²) in [4.78, 5) is 0. The minimum absolute atomic E-state index is 0.182. The Morgan fingerprint density at radius 3 is 2.62 bits per heavy atom. The molecule has 3 fully saturated rings. The van der Waals surface area contributed by atoms with Gasteiger partial charge in [-0.25, -0.2) is 0 Å². The van der Waals surface area contributed by atoms with E-state index in [1.807, 2.05) is 6.92 Å². The van der Waals surface area contributed by atoms with Crippen LogP contribution in [0.2, 0.25) is 0 Å². The third-order valence-electron chi connectivity index (χ3n) is 4.55. The number of fused-ring (bicyclic) bond motifs is 1. The Morgan fingerprint density at radius 1 is 1.38 bits per heavy atom. The van der Waals surface area contributed by atoms with Crippen molar-refractivity contribution in [3.05, 3.63) is 0 Å². The first kappa shape index (κ1) is 8.24. The van der Waals surface area contributed by atoms with Crippen LogP contribution in [0.4, 0.5) is 0 Å². The highest BCUT2D eigenvalue weighted by atomic mass is 32.2. The van der Waals surface area contributed by atoms with Gasteiger partial charge in [-0.3, -0.25) is 4.18 Å². The Kier molecular flexibility index (Phi) is 1.24. The van der Waals surface area contributed by atoms with E-state index in [0.29, 0.717) is 11.8 Å². The van der Waals surface area contributed by atoms with E-state index in [-0.39, 0.29) is 16.8 Å². The van der Waals surface area contributed by atoms with Crippen molar-refractivity contribution in [2.45, 2.75) is 37.5 Å². The highest BCUT2D eigenvalue weighted by molar-refractivity contribution is 7.87. The molecule has 1 saturated heterocycles. The van der Waals surface area contributed by atoms with Crippen molar-refractivity contribution in [2.75, 3.05) is 0 Å². The van der Waals surface area contributed by atoms with E-state index in [0.717, 1.165) is 12.8 Å². The molecule has 0 radical (unpaired) electrons. The summed E-state index contributed by atoms with van der Waals surface area (Å²) >= 11 is 0. The first-order valence-corrected chi connectivity index (χ1v) is 6.37. The normalized spacial score (nSPS) is 61.7. The zero-order valence-electron chi connectivity index (χ0n) is 7.86. The zero-order valence-corrected chi connectivity index (χ0v) is 8.67. The lowest BCUT2D eigenvalue weighted by atomic mass is 9.78. The summed E-state index contributed by atoms with van der Waals surface area (Å²) in [6, 6.07) is 0. The molecule has 1 aliphatic heterocycles. The maximum Gasteiger partial charge on any atom is 0.271 e. The molecule has 5 atom stereocenters. The molecule has 0 spiro atoms. The lowest BCUT2D eigenvalue weighted by molar-refractivity contribution is 0.0295. The molecule has 4 heteroatoms. The molecule has 2 aliphatic carbocycles. The summed E-state index contributed by atoms with van der Waals surface area (Å²) < 4.78 is 28.5. The van der Waals surface area contributed by atoms with Gasteiger partial charge in [0.2, 0.25) is 0 Å². The summed E-state index contributed by atoms with van der Waals surface area (Å²) in [5, 5.41) is -0.182. The summed E-state index contributed by atoms with van der Waals surface area (Å²) in [6.45, 7) is 4.10. The van der Waals surface area contributed by atoms with Crippen LogP contribution in [0.3, 0.4) is 0 Å². The predicted octanol–water partition coefficient (Wildman–Crippen LogP) is 1.15. The molecule has 2 saturated carbocycles. The fourth-order valence-electron chi connectivity index (χ4n) is 3.62. The number of rotatable bonds is 0. The Balaban J connectivity index is 2.18. The second-order valence-electron chi connectivity index (χ2n) is 4.93. The van der Waals surface area contributed by atoms with Gasteiger partial charge in [0.25, 0.3) is 10.1 Å². The van der Waals surface area contributed by atoms with Crippen molar-refractivity contribution in [2.24, 2.45) is 17.8 Å². The molecule has 5 unspecified atom stereocenters. The molecular weight excluding hydrogens is 188 g/mol. The van der Waals surface area contributed by atoms with Crippen LogP contribution in [0.1, 0.15) is 26.7 Å². The van der Waals surface area contributed by atoms with Crippen LogP contribution in [0.25, 0.3) is 0 Å². The molecule has 3 aliphatic rings. The summed E-state index contributed by atoms with van der Waals surface area (Å²) in [5.41, 5.74) is -0.369. The molecular formula is C9H14O3S. The molecule has 74 valence electrons. The topological polar surface area (TPSA) is 43.4 Å². The summed E-state index contributed by atoms with van der Waals surface area (Å²) in [7, 11) is -3.22. The van der Waals surface area contributed by atoms with Gasteiger partial charge in [-0.2, -0.15) is 8.42 Å². The molecule has 0 aromatic heterocycles. The summed E-state index contributed by atoms with van der Waals surface area (Å²) in [5.74, 6) is 1.26. The van der Waals surface area contributed by atoms with Gasteiger partial charge in [-0.05, 0) is 31.6 Å². The van der Waals surface area contributed by atoms with Crippen LogP contribution in [0, 0.1) is 17.8 Å². The highest BCUT2D eigenvalue weighted by Crippen LogP contribution is 2.62. The number of hydrogen-bond acceptors (Lipinski definition) is 3. The lowest BCUT2D eigenvalue weighted by Crippen LogP contribution is -2.38. The van der Waals surface area contributed by atoms with Gasteiger partial charge in [0.05, 0.1) is 10.9 Å². The molecule has 0 amide bonds. The minimum atomic E-state index is -3.22. The van der Waals surface area contributed by atoms with Gasteiger partial charge in [-0.15, -0.1) is 0 Å². The molecule has 3 rings (SSSR count). The molecule has 0 aromatic rings. The fourth-order valence-corrected chi connectivity index (χ4v) is 5.79. The maximum absolute atomic E-state index is 11.6. The van der Waals surface area contributed by atoms with Crippen LogP contribution < -0.4 is 0 Å². The average Bonchev–Trinajstić information content (AvgIpc) is 2.55. The van der Waals surface area contributed by atoms with Gasteiger partial charge < -0.3 is 0 Å². The molecule has 0 N–H and O–H groups in total. The molecule has 0 aromatic carbocycles. The lowest BCUT2D eigenvalue weighted by Gasteiger charge is -2.31. The average molecular weight is 202 g/mol. The Bertz CT molecular complexity index is 361. The zero-order chi connectivity index (χ0) is 9.43. The van der Waals surface area contributed by atoms with Crippen LogP contribution in [0.5, 0.6) is 0 Å². The SMILES string of the molecule is CC1C2CC3C(C2)S(=O)(=O)OC13C. The monoisotopic (exact) mass is 202 g/mol. The van der Waals surface area contributed by atoms with E-state index < -0.39 is 10.1 Å². The summed E-state index contributed by atoms with van der Waals surface area (Å²) in [6.07, 6.45) is 1.89. The smallest absolute Gasteiger partial charge is 0.263 e. The Morgan fingerprint density at radius 2 is 2.08 bits per heavy atom. The second kappa shape index (κ2) is 1.96. The minimum Gasteiger partial charge on any atom is -0.263 e. The van der Waals surface area contributed by atoms with Gasteiger partial charge >= 0.3 is 0 Å². The van der Waals surface area contributed by atoms with Crippen molar-refractivity contribution in [3.8, 4) is 0 Å². The van der Waals surface area contributed by atoms with Crippen molar-refractivity contribution in [3.63, 3.8) is 0 Å². The first-order chi connectivity index (χ1) is 5.95. The van der Waals surface area contributed by atoms with Crippen LogP contribution in [-0.2, 0) is 14.3 Å². The van der Waals surface area contributed by atoms with E-state index in [4.69, 9.17) is 4.18 Å². The molecule has 2 bridgehead atoms. The second-order valence-corrected chi connectivity index (χ2v) is 6.68. The van der Waals surface area contributed by atoms with E-state index in [2.05, 4.69) is 6.92 Å². The Labute approximate surface area is 78.6 Å². The molecule has 1 heterocycles. The quantitative estimate of drug-likeness (QED) is 0.553. The van der Waals surface area contributed by atoms with Crippen molar-refractivity contribution in [1.82, 2.24) is 0 Å². The standard InChI is InChI=1S/C9H14O3S/c1-5-6-3-7-8(4-6)13(10,11)12-9(5,7)2/h5-8H,3-4H2,1-2H3. The third-order valence-corrected chi connectivity index (χ3v) is 6.41. The predicted molar refractivity (Wildman–Crippen MR) is 47.6 cm³/mol. The largest absolute Gasteiger partial charge is 0.271 e. The maximum atomic E-state index is 11.6. The fraction of sp³-hybridized carbons (Fsp3) is 1.00. The van der Waals surface area contributed by atoms with E-state index in [1.165, 1.54) is 0 Å². The van der Waals surface area contributed by atoms with E-state index in [1.54, 1.807) is 0 Å². The van der Waals surface area contributed by atoms with Gasteiger partial charge in [0.1, 0.15) is 0 Å². The van der Waals surface area contributed by atoms with Crippen molar-refractivity contribution < 1.29 is 12.6 Å². The van der Waals surface area contributed by atoms with E-state index in [9.17, 15) is 8.42 Å². The van der Waals surface area contributed by atoms with Crippen LogP contribution >= 0.6 is 0 Å². The highest BCUT2D eigenvalue weighted by Gasteiger charge is 2.68. The third kappa shape index (κ3) is 0.734. The number of hydrogen-bond donors (Lipinski definition) is 0.